The number of hydrogen-bond acceptors (Lipinski definition) is 5. The monoisotopic (exact) mass is 378 g/mol. The van der Waals surface area contributed by atoms with Gasteiger partial charge in [-0.15, -0.1) is 0 Å². The predicted molar refractivity (Wildman–Crippen MR) is 98.6 cm³/mol. The summed E-state index contributed by atoms with van der Waals surface area (Å²) in [6.45, 7) is 0.558. The summed E-state index contributed by atoms with van der Waals surface area (Å²) in [5.41, 5.74) is 2.74. The van der Waals surface area contributed by atoms with Gasteiger partial charge in [-0.25, -0.2) is 0 Å². The Bertz CT molecular complexity index is 967. The molecule has 0 saturated carbocycles. The van der Waals surface area contributed by atoms with Gasteiger partial charge in [-0.05, 0) is 24.1 Å². The molecule has 2 aliphatic rings. The average molecular weight is 378 g/mol. The minimum Gasteiger partial charge on any atom is -0.489 e. The van der Waals surface area contributed by atoms with Gasteiger partial charge in [0, 0.05) is 23.1 Å². The van der Waals surface area contributed by atoms with Crippen molar-refractivity contribution in [1.82, 2.24) is 10.2 Å². The van der Waals surface area contributed by atoms with Crippen LogP contribution in [-0.4, -0.2) is 34.9 Å². The van der Waals surface area contributed by atoms with Crippen molar-refractivity contribution in [1.29, 1.82) is 0 Å². The van der Waals surface area contributed by atoms with Crippen LogP contribution in [0.25, 0.3) is 0 Å². The molecular weight excluding hydrogens is 360 g/mol. The lowest BCUT2D eigenvalue weighted by Crippen LogP contribution is -2.52. The predicted octanol–water partition coefficient (Wildman–Crippen LogP) is 1.84. The number of amides is 3. The molecule has 0 spiro atoms. The molecule has 0 unspecified atom stereocenters. The van der Waals surface area contributed by atoms with Crippen molar-refractivity contribution in [2.45, 2.75) is 32.0 Å². The quantitative estimate of drug-likeness (QED) is 0.633. The molecule has 2 aliphatic heterocycles. The first-order chi connectivity index (χ1) is 13.6. The van der Waals surface area contributed by atoms with Crippen LogP contribution in [0.2, 0.25) is 0 Å². The maximum absolute atomic E-state index is 12.8. The molecule has 2 aromatic rings. The Morgan fingerprint density at radius 2 is 1.89 bits per heavy atom. The van der Waals surface area contributed by atoms with Crippen LogP contribution in [0.1, 0.15) is 44.7 Å². The summed E-state index contributed by atoms with van der Waals surface area (Å²) in [6.07, 6.45) is 1.32. The Balaban J connectivity index is 1.51. The number of aldehydes is 1. The molecule has 0 radical (unpaired) electrons. The number of carbonyl (C=O) groups is 4. The van der Waals surface area contributed by atoms with Gasteiger partial charge in [0.1, 0.15) is 24.7 Å². The summed E-state index contributed by atoms with van der Waals surface area (Å²) >= 11 is 0. The number of piperidine rings is 1. The van der Waals surface area contributed by atoms with Crippen LogP contribution in [0.4, 0.5) is 0 Å². The van der Waals surface area contributed by atoms with Gasteiger partial charge in [-0.1, -0.05) is 30.3 Å². The third-order valence-corrected chi connectivity index (χ3v) is 5.05. The largest absolute Gasteiger partial charge is 0.489 e. The molecule has 7 nitrogen and oxygen atoms in total. The number of fused-ring (bicyclic) bond motifs is 1. The van der Waals surface area contributed by atoms with E-state index in [2.05, 4.69) is 5.32 Å². The second kappa shape index (κ2) is 7.26. The van der Waals surface area contributed by atoms with Crippen molar-refractivity contribution in [3.05, 3.63) is 64.7 Å². The summed E-state index contributed by atoms with van der Waals surface area (Å²) in [6, 6.07) is 11.7. The highest BCUT2D eigenvalue weighted by molar-refractivity contribution is 6.05. The third-order valence-electron chi connectivity index (χ3n) is 5.05. The third kappa shape index (κ3) is 3.26. The number of imide groups is 1. The standard InChI is InChI=1S/C21H18N2O5/c24-11-13-4-6-14(7-5-13)12-28-18-3-1-2-15-16(18)10-23(21(15)27)17-8-9-19(25)22-20(17)26/h1-7,11,17H,8-10,12H2,(H,22,25,26)/t17-/m0/s1. The van der Waals surface area contributed by atoms with E-state index in [-0.39, 0.29) is 24.8 Å². The minimum absolute atomic E-state index is 0.219. The summed E-state index contributed by atoms with van der Waals surface area (Å²) in [5, 5.41) is 2.30. The topological polar surface area (TPSA) is 92.8 Å². The zero-order chi connectivity index (χ0) is 19.7. The van der Waals surface area contributed by atoms with Gasteiger partial charge < -0.3 is 9.64 Å². The summed E-state index contributed by atoms with van der Waals surface area (Å²) in [4.78, 5) is 48.6. The summed E-state index contributed by atoms with van der Waals surface area (Å²) in [7, 11) is 0. The van der Waals surface area contributed by atoms with Gasteiger partial charge in [0.05, 0.1) is 6.54 Å². The molecule has 3 amide bonds. The van der Waals surface area contributed by atoms with E-state index in [1.54, 1.807) is 30.3 Å². The second-order valence-corrected chi connectivity index (χ2v) is 6.83. The van der Waals surface area contributed by atoms with E-state index in [1.807, 2.05) is 12.1 Å². The SMILES string of the molecule is O=Cc1ccc(COc2cccc3c2CN([C@H]2CCC(=O)NC2=O)C3=O)cc1. The van der Waals surface area contributed by atoms with Gasteiger partial charge >= 0.3 is 0 Å². The zero-order valence-corrected chi connectivity index (χ0v) is 15.0. The molecular formula is C21H18N2O5. The fourth-order valence-corrected chi connectivity index (χ4v) is 3.55. The van der Waals surface area contributed by atoms with E-state index in [1.165, 1.54) is 4.90 Å². The first-order valence-electron chi connectivity index (χ1n) is 9.00. The Labute approximate surface area is 161 Å². The molecule has 1 atom stereocenters. The number of benzene rings is 2. The Hall–Kier alpha value is -3.48. The molecule has 2 aromatic carbocycles. The minimum atomic E-state index is -0.652. The lowest BCUT2D eigenvalue weighted by Gasteiger charge is -2.29. The summed E-state index contributed by atoms with van der Waals surface area (Å²) < 4.78 is 5.91. The number of nitrogens with one attached hydrogen (secondary N) is 1. The number of hydrogen-bond donors (Lipinski definition) is 1. The molecule has 1 fully saturated rings. The second-order valence-electron chi connectivity index (χ2n) is 6.83. The van der Waals surface area contributed by atoms with Crippen LogP contribution >= 0.6 is 0 Å². The van der Waals surface area contributed by atoms with E-state index in [0.29, 0.717) is 29.9 Å². The van der Waals surface area contributed by atoms with Gasteiger partial charge in [-0.2, -0.15) is 0 Å². The Morgan fingerprint density at radius 1 is 1.11 bits per heavy atom. The highest BCUT2D eigenvalue weighted by atomic mass is 16.5. The summed E-state index contributed by atoms with van der Waals surface area (Å²) in [5.74, 6) is -0.393. The number of carbonyl (C=O) groups excluding carboxylic acids is 4. The van der Waals surface area contributed by atoms with Crippen LogP contribution in [0.5, 0.6) is 5.75 Å². The van der Waals surface area contributed by atoms with E-state index < -0.39 is 11.9 Å². The van der Waals surface area contributed by atoms with E-state index >= 15 is 0 Å². The maximum Gasteiger partial charge on any atom is 0.255 e. The lowest BCUT2D eigenvalue weighted by atomic mass is 10.0. The number of rotatable bonds is 5. The Morgan fingerprint density at radius 3 is 2.61 bits per heavy atom. The smallest absolute Gasteiger partial charge is 0.255 e. The molecule has 0 bridgehead atoms. The number of ether oxygens (including phenoxy) is 1. The first kappa shape index (κ1) is 17.9. The van der Waals surface area contributed by atoms with Crippen LogP contribution in [0.3, 0.4) is 0 Å². The van der Waals surface area contributed by atoms with Crippen LogP contribution in [-0.2, 0) is 22.7 Å². The van der Waals surface area contributed by atoms with Crippen molar-refractivity contribution >= 4 is 24.0 Å². The molecule has 4 rings (SSSR count). The van der Waals surface area contributed by atoms with Gasteiger partial charge in [0.2, 0.25) is 11.8 Å². The lowest BCUT2D eigenvalue weighted by molar-refractivity contribution is -0.136. The van der Waals surface area contributed by atoms with Gasteiger partial charge in [-0.3, -0.25) is 24.5 Å². The Kier molecular flexibility index (Phi) is 4.65. The molecule has 142 valence electrons. The molecule has 1 saturated heterocycles. The fourth-order valence-electron chi connectivity index (χ4n) is 3.55. The van der Waals surface area contributed by atoms with Crippen LogP contribution in [0, 0.1) is 0 Å². The van der Waals surface area contributed by atoms with Crippen molar-refractivity contribution in [2.75, 3.05) is 0 Å². The van der Waals surface area contributed by atoms with Crippen LogP contribution in [0.15, 0.2) is 42.5 Å². The first-order valence-corrected chi connectivity index (χ1v) is 9.00. The van der Waals surface area contributed by atoms with Crippen molar-refractivity contribution < 1.29 is 23.9 Å². The van der Waals surface area contributed by atoms with Crippen molar-refractivity contribution in [3.8, 4) is 5.75 Å². The maximum atomic E-state index is 12.8. The zero-order valence-electron chi connectivity index (χ0n) is 15.0. The number of nitrogens with zero attached hydrogens (tertiary/aromatic N) is 1. The average Bonchev–Trinajstić information content (AvgIpc) is 3.04. The molecule has 0 aromatic heterocycles. The van der Waals surface area contributed by atoms with Gasteiger partial charge in [0.15, 0.2) is 0 Å². The highest BCUT2D eigenvalue weighted by Gasteiger charge is 2.40. The molecule has 1 N–H and O–H groups in total. The molecule has 28 heavy (non-hydrogen) atoms. The van der Waals surface area contributed by atoms with Crippen molar-refractivity contribution in [2.24, 2.45) is 0 Å². The molecule has 2 heterocycles. The van der Waals surface area contributed by atoms with Crippen LogP contribution < -0.4 is 10.1 Å². The highest BCUT2D eigenvalue weighted by Crippen LogP contribution is 2.33. The van der Waals surface area contributed by atoms with E-state index in [4.69, 9.17) is 4.74 Å². The van der Waals surface area contributed by atoms with Crippen molar-refractivity contribution in [3.63, 3.8) is 0 Å². The fraction of sp³-hybridized carbons (Fsp3) is 0.238. The van der Waals surface area contributed by atoms with E-state index in [9.17, 15) is 19.2 Å². The molecule has 0 aliphatic carbocycles. The van der Waals surface area contributed by atoms with E-state index in [0.717, 1.165) is 17.4 Å². The normalized spacial score (nSPS) is 18.6. The molecule has 7 heteroatoms. The van der Waals surface area contributed by atoms with Gasteiger partial charge in [0.25, 0.3) is 5.91 Å².